The summed E-state index contributed by atoms with van der Waals surface area (Å²) < 4.78 is 20.2. The maximum absolute atomic E-state index is 14.4. The van der Waals surface area contributed by atoms with Crippen LogP contribution in [0.15, 0.2) is 66.4 Å². The number of carbonyl (C=O) groups is 3. The lowest BCUT2D eigenvalue weighted by atomic mass is 9.84. The molecule has 5 atom stereocenters. The molecule has 2 saturated heterocycles. The number of hydrogen-bond donors (Lipinski definition) is 2. The van der Waals surface area contributed by atoms with Gasteiger partial charge in [-0.1, -0.05) is 19.9 Å². The number of ether oxygens (including phenoxy) is 3. The molecule has 0 saturated carbocycles. The summed E-state index contributed by atoms with van der Waals surface area (Å²) in [5.41, 5.74) is 10.4. The first-order valence-corrected chi connectivity index (χ1v) is 21.1. The Bertz CT molecular complexity index is 2310. The molecule has 6 bridgehead atoms. The van der Waals surface area contributed by atoms with Crippen LogP contribution in [0.2, 0.25) is 0 Å². The molecule has 3 aliphatic heterocycles. The molecule has 14 heteroatoms. The second-order valence-electron chi connectivity index (χ2n) is 16.2. The van der Waals surface area contributed by atoms with Gasteiger partial charge in [0.2, 0.25) is 5.91 Å². The van der Waals surface area contributed by atoms with Crippen LogP contribution in [0.5, 0.6) is 0 Å². The van der Waals surface area contributed by atoms with E-state index in [4.69, 9.17) is 24.2 Å². The molecule has 8 rings (SSSR count). The van der Waals surface area contributed by atoms with Crippen LogP contribution in [0.25, 0.3) is 33.4 Å². The number of nitrogens with zero attached hydrogens (tertiary/aromatic N) is 5. The minimum atomic E-state index is -0.941. The van der Waals surface area contributed by atoms with Crippen LogP contribution < -0.4 is 10.7 Å². The van der Waals surface area contributed by atoms with Crippen molar-refractivity contribution in [3.63, 3.8) is 0 Å². The third-order valence-corrected chi connectivity index (χ3v) is 12.5. The lowest BCUT2D eigenvalue weighted by molar-refractivity contribution is -0.155. The van der Waals surface area contributed by atoms with Crippen molar-refractivity contribution >= 4 is 40.0 Å². The molecule has 0 spiro atoms. The number of cyclic esters (lactones) is 1. The summed E-state index contributed by atoms with van der Waals surface area (Å²) in [4.78, 5) is 56.2. The number of carbonyl (C=O) groups excluding carboxylic acids is 3. The van der Waals surface area contributed by atoms with Crippen LogP contribution in [0.4, 0.5) is 0 Å². The van der Waals surface area contributed by atoms with E-state index in [1.54, 1.807) is 25.7 Å². The summed E-state index contributed by atoms with van der Waals surface area (Å²) in [5, 5.41) is 8.36. The van der Waals surface area contributed by atoms with E-state index in [0.29, 0.717) is 43.8 Å². The van der Waals surface area contributed by atoms with Crippen molar-refractivity contribution in [2.75, 3.05) is 26.9 Å². The highest BCUT2D eigenvalue weighted by Crippen LogP contribution is 2.42. The van der Waals surface area contributed by atoms with E-state index in [2.05, 4.69) is 65.3 Å². The number of amides is 2. The highest BCUT2D eigenvalue weighted by molar-refractivity contribution is 7.10. The molecule has 2 amide bonds. The van der Waals surface area contributed by atoms with Crippen molar-refractivity contribution in [3.05, 3.63) is 88.3 Å². The van der Waals surface area contributed by atoms with Crippen LogP contribution in [0.1, 0.15) is 81.0 Å². The highest BCUT2D eigenvalue weighted by Gasteiger charge is 2.40. The van der Waals surface area contributed by atoms with Gasteiger partial charge in [-0.25, -0.2) is 10.4 Å². The van der Waals surface area contributed by atoms with Crippen LogP contribution in [0, 0.1) is 11.3 Å². The minimum Gasteiger partial charge on any atom is -0.464 e. The second kappa shape index (κ2) is 16.7. The van der Waals surface area contributed by atoms with Gasteiger partial charge in [0.05, 0.1) is 46.8 Å². The second-order valence-corrected chi connectivity index (χ2v) is 17.2. The van der Waals surface area contributed by atoms with E-state index < -0.39 is 35.5 Å². The van der Waals surface area contributed by atoms with E-state index in [1.165, 1.54) is 16.3 Å². The molecule has 0 radical (unpaired) electrons. The smallest absolute Gasteiger partial charge is 0.324 e. The maximum Gasteiger partial charge on any atom is 0.324 e. The molecule has 4 aromatic heterocycles. The van der Waals surface area contributed by atoms with Crippen molar-refractivity contribution in [3.8, 4) is 22.5 Å². The molecule has 3 aliphatic rings. The quantitative estimate of drug-likeness (QED) is 0.178. The Labute approximate surface area is 342 Å². The van der Waals surface area contributed by atoms with E-state index >= 15 is 0 Å². The summed E-state index contributed by atoms with van der Waals surface area (Å²) in [6, 6.07) is 12.6. The number of rotatable bonds is 7. The number of pyridine rings is 2. The summed E-state index contributed by atoms with van der Waals surface area (Å²) in [7, 11) is 1.70. The Kier molecular flexibility index (Phi) is 11.4. The predicted molar refractivity (Wildman–Crippen MR) is 220 cm³/mol. The van der Waals surface area contributed by atoms with Crippen molar-refractivity contribution < 1.29 is 28.6 Å². The number of methoxy groups -OCH3 is 1. The van der Waals surface area contributed by atoms with Gasteiger partial charge in [-0.15, -0.1) is 11.3 Å². The number of fused-ring (bicyclic) bond motifs is 6. The normalized spacial score (nSPS) is 23.0. The average Bonchev–Trinajstić information content (AvgIpc) is 4.00. The van der Waals surface area contributed by atoms with Crippen LogP contribution in [0.3, 0.4) is 0 Å². The number of nitrogens with one attached hydrogen (secondary N) is 2. The summed E-state index contributed by atoms with van der Waals surface area (Å²) in [5.74, 6) is -1.50. The molecule has 304 valence electrons. The number of hydrazine groups is 1. The van der Waals surface area contributed by atoms with E-state index in [9.17, 15) is 14.4 Å². The molecule has 13 nitrogen and oxygen atoms in total. The lowest BCUT2D eigenvalue weighted by Gasteiger charge is -2.35. The zero-order chi connectivity index (χ0) is 40.6. The van der Waals surface area contributed by atoms with E-state index in [0.717, 1.165) is 56.8 Å². The topological polar surface area (TPSA) is 150 Å². The monoisotopic (exact) mass is 805 g/mol. The first kappa shape index (κ1) is 39.8. The number of hydrogen-bond acceptors (Lipinski definition) is 11. The zero-order valence-corrected chi connectivity index (χ0v) is 34.5. The standard InChI is InChI=1S/C44H51N7O6S/c1-6-50-36-12-11-28-21-31(36)32(39(50)29-9-7-16-46-38(29)26(2)55-5)23-44(3,4)25-57-43(54)33-10-8-19-51(49-33)42(53)34(22-37-47-35(28)24-58-37)48-41(52)30-15-20-56-40(30)27-13-17-45-18-14-27/h7,9,11-14,16-18,21,24,26,30,33-34,40,49H,6,8,10,15,19-20,22-23,25H2,1-5H3,(H,48,52)/t26-,30+,33-,34-,40-/m0/s1. The molecular weight excluding hydrogens is 755 g/mol. The van der Waals surface area contributed by atoms with Gasteiger partial charge in [0.1, 0.15) is 12.1 Å². The molecule has 0 aliphatic carbocycles. The molecule has 2 N–H and O–H groups in total. The van der Waals surface area contributed by atoms with Crippen LogP contribution in [-0.2, 0) is 48.0 Å². The Morgan fingerprint density at radius 3 is 2.76 bits per heavy atom. The first-order chi connectivity index (χ1) is 28.0. The average molecular weight is 806 g/mol. The van der Waals surface area contributed by atoms with Crippen molar-refractivity contribution in [1.29, 1.82) is 0 Å². The molecule has 2 fully saturated rings. The zero-order valence-electron chi connectivity index (χ0n) is 33.7. The fourth-order valence-corrected chi connectivity index (χ4v) is 9.43. The molecule has 0 unspecified atom stereocenters. The van der Waals surface area contributed by atoms with Crippen molar-refractivity contribution in [2.45, 2.75) is 90.6 Å². The maximum atomic E-state index is 14.4. The van der Waals surface area contributed by atoms with Gasteiger partial charge in [-0.2, -0.15) is 0 Å². The van der Waals surface area contributed by atoms with E-state index in [1.807, 2.05) is 30.5 Å². The Balaban J connectivity index is 1.20. The number of aromatic nitrogens is 4. The van der Waals surface area contributed by atoms with Gasteiger partial charge in [-0.05, 0) is 87.1 Å². The molecule has 5 aromatic rings. The minimum absolute atomic E-state index is 0.167. The van der Waals surface area contributed by atoms with Crippen molar-refractivity contribution in [2.24, 2.45) is 11.3 Å². The fraction of sp³-hybridized carbons (Fsp3) is 0.455. The highest BCUT2D eigenvalue weighted by atomic mass is 32.1. The largest absolute Gasteiger partial charge is 0.464 e. The first-order valence-electron chi connectivity index (χ1n) is 20.2. The Morgan fingerprint density at radius 1 is 1.14 bits per heavy atom. The predicted octanol–water partition coefficient (Wildman–Crippen LogP) is 6.38. The Hall–Kier alpha value is -5.02. The SMILES string of the molecule is CCn1c(-c2cccnc2[C@H](C)OC)c2c3cc(ccc31)-c1csc(n1)C[C@H](NC(=O)[C@@H]1CCO[C@H]1c1ccncc1)C(=O)N1CCC[C@H](N1)C(=O)OCC(C)(C)C2. The summed E-state index contributed by atoms with van der Waals surface area (Å²) >= 11 is 1.46. The fourth-order valence-electron chi connectivity index (χ4n) is 8.58. The van der Waals surface area contributed by atoms with Crippen LogP contribution >= 0.6 is 11.3 Å². The summed E-state index contributed by atoms with van der Waals surface area (Å²) in [6.07, 6.45) is 6.90. The third-order valence-electron chi connectivity index (χ3n) is 11.6. The van der Waals surface area contributed by atoms with Gasteiger partial charge in [0.25, 0.3) is 5.91 Å². The summed E-state index contributed by atoms with van der Waals surface area (Å²) in [6.45, 7) is 10.1. The molecule has 1 aromatic carbocycles. The molecule has 58 heavy (non-hydrogen) atoms. The van der Waals surface area contributed by atoms with Gasteiger partial charge in [-0.3, -0.25) is 29.4 Å². The number of aryl methyl sites for hydroxylation is 1. The lowest BCUT2D eigenvalue weighted by Crippen LogP contribution is -2.60. The number of benzene rings is 1. The molecule has 7 heterocycles. The number of thiazole rings is 1. The van der Waals surface area contributed by atoms with E-state index in [-0.39, 0.29) is 30.9 Å². The van der Waals surface area contributed by atoms with Gasteiger partial charge >= 0.3 is 5.97 Å². The molecular formula is C44H51N7O6S. The van der Waals surface area contributed by atoms with Gasteiger partial charge in [0.15, 0.2) is 0 Å². The third kappa shape index (κ3) is 7.90. The van der Waals surface area contributed by atoms with Gasteiger partial charge in [0, 0.05) is 84.6 Å². The van der Waals surface area contributed by atoms with Gasteiger partial charge < -0.3 is 24.1 Å². The van der Waals surface area contributed by atoms with Crippen LogP contribution in [-0.4, -0.2) is 81.3 Å². The van der Waals surface area contributed by atoms with Crippen molar-refractivity contribution in [1.82, 2.24) is 35.3 Å². The number of esters is 1. The Morgan fingerprint density at radius 2 is 1.97 bits per heavy atom.